The van der Waals surface area contributed by atoms with Crippen LogP contribution in [0.15, 0.2) is 24.3 Å². The van der Waals surface area contributed by atoms with Crippen molar-refractivity contribution >= 4 is 17.7 Å². The van der Waals surface area contributed by atoms with Crippen LogP contribution in [-0.2, 0) is 23.9 Å². The highest BCUT2D eigenvalue weighted by Crippen LogP contribution is 2.19. The number of ether oxygens (including phenoxy) is 2. The predicted molar refractivity (Wildman–Crippen MR) is 58.2 cm³/mol. The zero-order chi connectivity index (χ0) is 13.7. The van der Waals surface area contributed by atoms with E-state index in [1.165, 1.54) is 12.1 Å². The summed E-state index contributed by atoms with van der Waals surface area (Å²) in [6, 6.07) is 4.63. The number of carbonyl (C=O) groups is 3. The van der Waals surface area contributed by atoms with Crippen molar-refractivity contribution < 1.29 is 28.2 Å². The second-order valence-corrected chi connectivity index (χ2v) is 3.36. The Morgan fingerprint density at radius 3 is 2.06 bits per heavy atom. The van der Waals surface area contributed by atoms with Gasteiger partial charge in [-0.05, 0) is 17.7 Å². The molecule has 0 bridgehead atoms. The lowest BCUT2D eigenvalue weighted by Gasteiger charge is -2.12. The first-order valence-electron chi connectivity index (χ1n) is 4.96. The number of hydrogen-bond donors (Lipinski definition) is 0. The van der Waals surface area contributed by atoms with E-state index in [1.807, 2.05) is 0 Å². The summed E-state index contributed by atoms with van der Waals surface area (Å²) in [6.07, 6.45) is 0. The molecule has 0 heterocycles. The molecule has 0 aliphatic rings. The van der Waals surface area contributed by atoms with Crippen molar-refractivity contribution in [1.82, 2.24) is 0 Å². The van der Waals surface area contributed by atoms with Gasteiger partial charge in [0, 0.05) is 0 Å². The maximum Gasteiger partial charge on any atom is 0.375 e. The van der Waals surface area contributed by atoms with Gasteiger partial charge in [0.05, 0.1) is 14.2 Å². The van der Waals surface area contributed by atoms with Crippen LogP contribution in [0.4, 0.5) is 4.39 Å². The lowest BCUT2D eigenvalue weighted by molar-refractivity contribution is -0.157. The molecule has 1 atom stereocenters. The van der Waals surface area contributed by atoms with Gasteiger partial charge in [-0.1, -0.05) is 12.1 Å². The first kappa shape index (κ1) is 13.8. The fraction of sp³-hybridized carbons (Fsp3) is 0.250. The Morgan fingerprint density at radius 2 is 1.61 bits per heavy atom. The summed E-state index contributed by atoms with van der Waals surface area (Å²) in [5.41, 5.74) is 0.165. The maximum absolute atomic E-state index is 12.8. The van der Waals surface area contributed by atoms with Gasteiger partial charge in [-0.2, -0.15) is 0 Å². The normalized spacial score (nSPS) is 11.5. The topological polar surface area (TPSA) is 69.7 Å². The highest BCUT2D eigenvalue weighted by Gasteiger charge is 2.34. The van der Waals surface area contributed by atoms with E-state index in [0.717, 1.165) is 26.4 Å². The quantitative estimate of drug-likeness (QED) is 0.452. The molecule has 96 valence electrons. The van der Waals surface area contributed by atoms with Gasteiger partial charge in [0.25, 0.3) is 5.78 Å². The number of hydrogen-bond acceptors (Lipinski definition) is 5. The molecule has 6 heteroatoms. The summed E-state index contributed by atoms with van der Waals surface area (Å²) >= 11 is 0. The molecular weight excluding hydrogens is 243 g/mol. The molecule has 1 aromatic carbocycles. The summed E-state index contributed by atoms with van der Waals surface area (Å²) in [4.78, 5) is 34.4. The second kappa shape index (κ2) is 5.90. The highest BCUT2D eigenvalue weighted by atomic mass is 19.1. The Hall–Kier alpha value is -2.24. The van der Waals surface area contributed by atoms with E-state index in [0.29, 0.717) is 0 Å². The van der Waals surface area contributed by atoms with Crippen LogP contribution in [0.2, 0.25) is 0 Å². The van der Waals surface area contributed by atoms with E-state index in [-0.39, 0.29) is 5.56 Å². The molecule has 0 amide bonds. The molecule has 0 aliphatic carbocycles. The molecule has 0 fully saturated rings. The number of rotatable bonds is 4. The van der Waals surface area contributed by atoms with E-state index in [2.05, 4.69) is 9.47 Å². The Morgan fingerprint density at radius 1 is 1.06 bits per heavy atom. The van der Waals surface area contributed by atoms with Crippen molar-refractivity contribution in [2.24, 2.45) is 0 Å². The molecule has 0 aromatic heterocycles. The van der Waals surface area contributed by atoms with Gasteiger partial charge in [0.1, 0.15) is 5.82 Å². The summed E-state index contributed by atoms with van der Waals surface area (Å²) in [7, 11) is 2.11. The minimum absolute atomic E-state index is 0.165. The number of ketones is 1. The van der Waals surface area contributed by atoms with Crippen molar-refractivity contribution in [2.75, 3.05) is 14.2 Å². The molecular formula is C12H11FO5. The number of benzene rings is 1. The zero-order valence-electron chi connectivity index (χ0n) is 9.81. The summed E-state index contributed by atoms with van der Waals surface area (Å²) < 4.78 is 21.5. The highest BCUT2D eigenvalue weighted by molar-refractivity contribution is 6.39. The van der Waals surface area contributed by atoms with Gasteiger partial charge in [0.15, 0.2) is 5.92 Å². The molecule has 1 unspecified atom stereocenters. The molecule has 18 heavy (non-hydrogen) atoms. The number of methoxy groups -OCH3 is 2. The largest absolute Gasteiger partial charge is 0.468 e. The molecule has 1 rings (SSSR count). The summed E-state index contributed by atoms with van der Waals surface area (Å²) in [5.74, 6) is -5.08. The molecule has 0 saturated carbocycles. The van der Waals surface area contributed by atoms with Crippen molar-refractivity contribution in [2.45, 2.75) is 5.92 Å². The van der Waals surface area contributed by atoms with Crippen LogP contribution in [0, 0.1) is 5.82 Å². The third-order valence-corrected chi connectivity index (χ3v) is 2.29. The lowest BCUT2D eigenvalue weighted by atomic mass is 9.94. The van der Waals surface area contributed by atoms with Crippen molar-refractivity contribution in [3.8, 4) is 0 Å². The van der Waals surface area contributed by atoms with Crippen LogP contribution >= 0.6 is 0 Å². The van der Waals surface area contributed by atoms with E-state index in [4.69, 9.17) is 0 Å². The average molecular weight is 254 g/mol. The van der Waals surface area contributed by atoms with Crippen molar-refractivity contribution in [1.29, 1.82) is 0 Å². The zero-order valence-corrected chi connectivity index (χ0v) is 9.81. The molecule has 0 saturated heterocycles. The smallest absolute Gasteiger partial charge is 0.375 e. The third kappa shape index (κ3) is 2.91. The minimum atomic E-state index is -1.44. The molecule has 1 aromatic rings. The Bertz CT molecular complexity index is 466. The fourth-order valence-corrected chi connectivity index (χ4v) is 1.39. The summed E-state index contributed by atoms with van der Waals surface area (Å²) in [5, 5.41) is 0. The number of halogens is 1. The van der Waals surface area contributed by atoms with Crippen LogP contribution in [0.1, 0.15) is 11.5 Å². The Balaban J connectivity index is 3.13. The van der Waals surface area contributed by atoms with Gasteiger partial charge >= 0.3 is 11.9 Å². The first-order valence-corrected chi connectivity index (χ1v) is 4.96. The Kier molecular flexibility index (Phi) is 4.53. The summed E-state index contributed by atoms with van der Waals surface area (Å²) in [6.45, 7) is 0. The van der Waals surface area contributed by atoms with E-state index >= 15 is 0 Å². The van der Waals surface area contributed by atoms with Gasteiger partial charge in [-0.15, -0.1) is 0 Å². The molecule has 0 aliphatic heterocycles. The average Bonchev–Trinajstić information content (AvgIpc) is 2.39. The van der Waals surface area contributed by atoms with Gasteiger partial charge in [0.2, 0.25) is 0 Å². The maximum atomic E-state index is 12.8. The van der Waals surface area contributed by atoms with Crippen LogP contribution in [-0.4, -0.2) is 31.9 Å². The minimum Gasteiger partial charge on any atom is -0.468 e. The van der Waals surface area contributed by atoms with Gasteiger partial charge in [-0.25, -0.2) is 9.18 Å². The number of carbonyl (C=O) groups excluding carboxylic acids is 3. The van der Waals surface area contributed by atoms with Crippen LogP contribution < -0.4 is 0 Å². The van der Waals surface area contributed by atoms with E-state index in [1.54, 1.807) is 0 Å². The molecule has 0 radical (unpaired) electrons. The third-order valence-electron chi connectivity index (χ3n) is 2.29. The van der Waals surface area contributed by atoms with Crippen molar-refractivity contribution in [3.05, 3.63) is 35.6 Å². The van der Waals surface area contributed by atoms with Gasteiger partial charge < -0.3 is 9.47 Å². The fourth-order valence-electron chi connectivity index (χ4n) is 1.39. The standard InChI is InChI=1S/C12H11FO5/c1-17-11(15)9(10(14)12(16)18-2)7-3-5-8(13)6-4-7/h3-6,9H,1-2H3. The molecule has 0 spiro atoms. The Labute approximate surface area is 102 Å². The SMILES string of the molecule is COC(=O)C(=O)C(C(=O)OC)c1ccc(F)cc1. The van der Waals surface area contributed by atoms with Crippen LogP contribution in [0.3, 0.4) is 0 Å². The molecule has 0 N–H and O–H groups in total. The van der Waals surface area contributed by atoms with Gasteiger partial charge in [-0.3, -0.25) is 9.59 Å². The van der Waals surface area contributed by atoms with Crippen LogP contribution in [0.25, 0.3) is 0 Å². The lowest BCUT2D eigenvalue weighted by Crippen LogP contribution is -2.30. The monoisotopic (exact) mass is 254 g/mol. The van der Waals surface area contributed by atoms with Crippen LogP contribution in [0.5, 0.6) is 0 Å². The molecule has 5 nitrogen and oxygen atoms in total. The second-order valence-electron chi connectivity index (χ2n) is 3.36. The van der Waals surface area contributed by atoms with Crippen molar-refractivity contribution in [3.63, 3.8) is 0 Å². The first-order chi connectivity index (χ1) is 8.51. The number of Topliss-reactive ketones (excluding diaryl/α,β-unsaturated/α-hetero) is 1. The van der Waals surface area contributed by atoms with E-state index < -0.39 is 29.5 Å². The predicted octanol–water partition coefficient (Wildman–Crippen LogP) is 0.824. The number of esters is 2. The van der Waals surface area contributed by atoms with E-state index in [9.17, 15) is 18.8 Å².